The number of halogens is 1. The van der Waals surface area contributed by atoms with Crippen molar-refractivity contribution < 1.29 is 9.18 Å². The lowest BCUT2D eigenvalue weighted by Crippen LogP contribution is -2.47. The first-order chi connectivity index (χ1) is 16.9. The normalized spacial score (nSPS) is 14.4. The largest absolute Gasteiger partial charge is 0.351 e. The number of anilines is 2. The molecule has 35 heavy (non-hydrogen) atoms. The van der Waals surface area contributed by atoms with Crippen LogP contribution >= 0.6 is 0 Å². The Hall–Kier alpha value is -4.21. The molecule has 0 saturated carbocycles. The number of nitrogens with zero attached hydrogens (tertiary/aromatic N) is 6. The number of carbonyl (C=O) groups excluding carboxylic acids is 1. The molecule has 180 valence electrons. The summed E-state index contributed by atoms with van der Waals surface area (Å²) in [5, 5.41) is 0. The Labute approximate surface area is 201 Å². The lowest BCUT2D eigenvalue weighted by molar-refractivity contribution is 0.249. The molecule has 0 aliphatic carbocycles. The van der Waals surface area contributed by atoms with E-state index in [1.165, 1.54) is 24.4 Å². The van der Waals surface area contributed by atoms with Crippen molar-refractivity contribution >= 4 is 29.0 Å². The quantitative estimate of drug-likeness (QED) is 0.476. The topological polar surface area (TPSA) is 102 Å². The number of primary amides is 1. The fourth-order valence-electron chi connectivity index (χ4n) is 4.70. The number of fused-ring (bicyclic) bond motifs is 1. The van der Waals surface area contributed by atoms with Crippen LogP contribution in [0.4, 0.5) is 21.1 Å². The van der Waals surface area contributed by atoms with Gasteiger partial charge in [0.05, 0.1) is 17.6 Å². The number of imidazole rings is 1. The number of nitrogens with two attached hydrogens (primary N) is 1. The molecule has 2 aromatic carbocycles. The van der Waals surface area contributed by atoms with Crippen LogP contribution in [-0.2, 0) is 6.54 Å². The summed E-state index contributed by atoms with van der Waals surface area (Å²) >= 11 is 0. The molecular weight excluding hydrogens is 449 g/mol. The Morgan fingerprint density at radius 3 is 2.54 bits per heavy atom. The molecule has 4 aromatic rings. The van der Waals surface area contributed by atoms with Gasteiger partial charge in [-0.3, -0.25) is 4.79 Å². The number of benzene rings is 2. The summed E-state index contributed by atoms with van der Waals surface area (Å²) in [6, 6.07) is 15.0. The van der Waals surface area contributed by atoms with E-state index in [1.807, 2.05) is 36.2 Å². The highest BCUT2D eigenvalue weighted by molar-refractivity contribution is 5.79. The van der Waals surface area contributed by atoms with Gasteiger partial charge in [-0.15, -0.1) is 0 Å². The van der Waals surface area contributed by atoms with Gasteiger partial charge in [0.2, 0.25) is 11.9 Å². The van der Waals surface area contributed by atoms with Crippen LogP contribution in [0.3, 0.4) is 0 Å². The zero-order chi connectivity index (χ0) is 24.5. The zero-order valence-electron chi connectivity index (χ0n) is 19.3. The third-order valence-corrected chi connectivity index (χ3v) is 6.55. The number of piperidine rings is 1. The van der Waals surface area contributed by atoms with Gasteiger partial charge < -0.3 is 20.1 Å². The molecule has 2 N–H and O–H groups in total. The molecule has 2 aromatic heterocycles. The van der Waals surface area contributed by atoms with E-state index < -0.39 is 11.6 Å². The molecule has 0 unspecified atom stereocenters. The fourth-order valence-corrected chi connectivity index (χ4v) is 4.70. The van der Waals surface area contributed by atoms with Gasteiger partial charge in [-0.1, -0.05) is 24.3 Å². The van der Waals surface area contributed by atoms with E-state index in [0.29, 0.717) is 6.54 Å². The van der Waals surface area contributed by atoms with Crippen LogP contribution in [-0.4, -0.2) is 51.3 Å². The van der Waals surface area contributed by atoms with Crippen LogP contribution in [0, 0.1) is 5.82 Å². The van der Waals surface area contributed by atoms with E-state index in [-0.39, 0.29) is 17.8 Å². The standard InChI is InChI=1S/C25H26FN7O2/c1-30(24-28-13-10-22(34)33(24)23(27)35)19-11-14-31(15-12-19)25-29-20-4-2-3-5-21(20)32(25)16-17-6-8-18(26)9-7-17/h2-10,13,19H,11-12,14-16H2,1H3,(H2,27,35). The average molecular weight is 476 g/mol. The first-order valence-electron chi connectivity index (χ1n) is 11.5. The molecule has 1 saturated heterocycles. The summed E-state index contributed by atoms with van der Waals surface area (Å²) in [7, 11) is 1.82. The van der Waals surface area contributed by atoms with Gasteiger partial charge >= 0.3 is 6.03 Å². The summed E-state index contributed by atoms with van der Waals surface area (Å²) < 4.78 is 16.5. The minimum absolute atomic E-state index is 0.0704. The molecular formula is C25H26FN7O2. The minimum Gasteiger partial charge on any atom is -0.351 e. The van der Waals surface area contributed by atoms with E-state index in [2.05, 4.69) is 14.5 Å². The Bertz CT molecular complexity index is 1420. The highest BCUT2D eigenvalue weighted by Crippen LogP contribution is 2.28. The number of hydrogen-bond acceptors (Lipinski definition) is 6. The molecule has 0 spiro atoms. The first-order valence-corrected chi connectivity index (χ1v) is 11.5. The Morgan fingerprint density at radius 1 is 1.11 bits per heavy atom. The second-order valence-corrected chi connectivity index (χ2v) is 8.70. The monoisotopic (exact) mass is 475 g/mol. The molecule has 1 aliphatic heterocycles. The van der Waals surface area contributed by atoms with Crippen molar-refractivity contribution in [2.45, 2.75) is 25.4 Å². The van der Waals surface area contributed by atoms with Gasteiger partial charge in [-0.2, -0.15) is 4.57 Å². The molecule has 10 heteroatoms. The van der Waals surface area contributed by atoms with Crippen molar-refractivity contribution in [3.05, 3.63) is 82.5 Å². The summed E-state index contributed by atoms with van der Waals surface area (Å²) in [5.41, 5.74) is 7.84. The van der Waals surface area contributed by atoms with Crippen LogP contribution in [0.5, 0.6) is 0 Å². The second-order valence-electron chi connectivity index (χ2n) is 8.70. The van der Waals surface area contributed by atoms with Crippen molar-refractivity contribution in [3.8, 4) is 0 Å². The lowest BCUT2D eigenvalue weighted by atomic mass is 10.0. The molecule has 1 amide bonds. The Morgan fingerprint density at radius 2 is 1.83 bits per heavy atom. The number of carbonyl (C=O) groups is 1. The predicted molar refractivity (Wildman–Crippen MR) is 132 cm³/mol. The summed E-state index contributed by atoms with van der Waals surface area (Å²) in [4.78, 5) is 37.2. The van der Waals surface area contributed by atoms with Gasteiger partial charge in [0.1, 0.15) is 5.82 Å². The molecule has 1 fully saturated rings. The average Bonchev–Trinajstić information content (AvgIpc) is 3.23. The van der Waals surface area contributed by atoms with Gasteiger partial charge in [0, 0.05) is 38.4 Å². The molecule has 0 radical (unpaired) electrons. The number of amides is 1. The van der Waals surface area contributed by atoms with Crippen molar-refractivity contribution in [2.24, 2.45) is 5.73 Å². The molecule has 0 atom stereocenters. The van der Waals surface area contributed by atoms with Crippen LogP contribution < -0.4 is 21.1 Å². The lowest BCUT2D eigenvalue weighted by Gasteiger charge is -2.38. The van der Waals surface area contributed by atoms with Gasteiger partial charge in [-0.25, -0.2) is 19.2 Å². The van der Waals surface area contributed by atoms with Crippen LogP contribution in [0.25, 0.3) is 11.0 Å². The zero-order valence-corrected chi connectivity index (χ0v) is 19.3. The summed E-state index contributed by atoms with van der Waals surface area (Å²) in [5.74, 6) is 0.848. The number of aromatic nitrogens is 4. The Kier molecular flexibility index (Phi) is 5.94. The number of rotatable bonds is 5. The molecule has 0 bridgehead atoms. The summed E-state index contributed by atoms with van der Waals surface area (Å²) in [6.45, 7) is 2.04. The van der Waals surface area contributed by atoms with E-state index in [9.17, 15) is 14.0 Å². The molecule has 1 aliphatic rings. The first kappa shape index (κ1) is 22.6. The maximum absolute atomic E-state index is 13.4. The molecule has 9 nitrogen and oxygen atoms in total. The van der Waals surface area contributed by atoms with Crippen LogP contribution in [0.15, 0.2) is 65.6 Å². The highest BCUT2D eigenvalue weighted by atomic mass is 19.1. The SMILES string of the molecule is CN(c1nccc(=O)n1C(N)=O)C1CCN(c2nc3ccccc3n2Cc2ccc(F)cc2)CC1. The van der Waals surface area contributed by atoms with Crippen LogP contribution in [0.1, 0.15) is 18.4 Å². The van der Waals surface area contributed by atoms with Gasteiger partial charge in [-0.05, 0) is 42.7 Å². The summed E-state index contributed by atoms with van der Waals surface area (Å²) in [6.07, 6.45) is 2.94. The second kappa shape index (κ2) is 9.21. The number of para-hydroxylation sites is 2. The van der Waals surface area contributed by atoms with Crippen molar-refractivity contribution in [3.63, 3.8) is 0 Å². The maximum Gasteiger partial charge on any atom is 0.328 e. The van der Waals surface area contributed by atoms with Crippen molar-refractivity contribution in [2.75, 3.05) is 29.9 Å². The van der Waals surface area contributed by atoms with Crippen molar-refractivity contribution in [1.29, 1.82) is 0 Å². The molecule has 5 rings (SSSR count). The van der Waals surface area contributed by atoms with E-state index in [1.54, 1.807) is 12.1 Å². The third-order valence-electron chi connectivity index (χ3n) is 6.55. The fraction of sp³-hybridized carbons (Fsp3) is 0.280. The van der Waals surface area contributed by atoms with E-state index >= 15 is 0 Å². The smallest absolute Gasteiger partial charge is 0.328 e. The number of hydrogen-bond donors (Lipinski definition) is 1. The predicted octanol–water partition coefficient (Wildman–Crippen LogP) is 2.81. The van der Waals surface area contributed by atoms with Gasteiger partial charge in [0.25, 0.3) is 5.56 Å². The maximum atomic E-state index is 13.4. The van der Waals surface area contributed by atoms with Crippen molar-refractivity contribution in [1.82, 2.24) is 19.1 Å². The van der Waals surface area contributed by atoms with E-state index in [4.69, 9.17) is 10.7 Å². The third kappa shape index (κ3) is 4.34. The van der Waals surface area contributed by atoms with Gasteiger partial charge in [0.15, 0.2) is 0 Å². The molecule has 3 heterocycles. The Balaban J connectivity index is 1.39. The minimum atomic E-state index is -0.850. The van der Waals surface area contributed by atoms with E-state index in [0.717, 1.165) is 53.0 Å². The van der Waals surface area contributed by atoms with Crippen LogP contribution in [0.2, 0.25) is 0 Å². The highest BCUT2D eigenvalue weighted by Gasteiger charge is 2.28.